The van der Waals surface area contributed by atoms with Crippen molar-refractivity contribution in [1.82, 2.24) is 10.4 Å². The second-order valence-electron chi connectivity index (χ2n) is 4.52. The highest BCUT2D eigenvalue weighted by molar-refractivity contribution is 5.77. The number of hydrogen-bond acceptors (Lipinski definition) is 2. The van der Waals surface area contributed by atoms with Gasteiger partial charge in [-0.2, -0.15) is 13.2 Å². The molecule has 1 heterocycles. The van der Waals surface area contributed by atoms with Crippen LogP contribution in [0.5, 0.6) is 0 Å². The van der Waals surface area contributed by atoms with Crippen LogP contribution in [0.25, 0.3) is 0 Å². The van der Waals surface area contributed by atoms with Crippen LogP contribution in [0.4, 0.5) is 13.2 Å². The first kappa shape index (κ1) is 13.9. The molecule has 19 heavy (non-hydrogen) atoms. The number of carbonyl (C=O) groups excluding carboxylic acids is 1. The molecular formula is C13H15F3N2O. The lowest BCUT2D eigenvalue weighted by atomic mass is 10.0. The van der Waals surface area contributed by atoms with E-state index in [-0.39, 0.29) is 24.4 Å². The standard InChI is InChI=1S/C13H15F3N2O/c1-2-9-4-3-5-10(8-9)12(13(14,15)16)18-7-6-11(19)17-18/h3-5,8,12H,2,6-7H2,1H3,(H,17,19). The molecule has 1 fully saturated rings. The van der Waals surface area contributed by atoms with Crippen molar-refractivity contribution in [3.8, 4) is 0 Å². The molecule has 0 saturated carbocycles. The SMILES string of the molecule is CCc1cccc(C(N2CCC(=O)N2)C(F)(F)F)c1. The number of aryl methyl sites for hydroxylation is 1. The van der Waals surface area contributed by atoms with E-state index in [1.807, 2.05) is 6.92 Å². The molecule has 1 N–H and O–H groups in total. The molecular weight excluding hydrogens is 257 g/mol. The van der Waals surface area contributed by atoms with Gasteiger partial charge in [0.05, 0.1) is 0 Å². The Labute approximate surface area is 109 Å². The van der Waals surface area contributed by atoms with Gasteiger partial charge < -0.3 is 0 Å². The lowest BCUT2D eigenvalue weighted by Gasteiger charge is -2.29. The van der Waals surface area contributed by atoms with E-state index in [2.05, 4.69) is 5.43 Å². The normalized spacial score (nSPS) is 18.4. The Bertz CT molecular complexity index is 473. The predicted octanol–water partition coefficient (Wildman–Crippen LogP) is 2.59. The molecule has 104 valence electrons. The van der Waals surface area contributed by atoms with E-state index >= 15 is 0 Å². The fourth-order valence-electron chi connectivity index (χ4n) is 2.22. The Morgan fingerprint density at radius 1 is 1.42 bits per heavy atom. The summed E-state index contributed by atoms with van der Waals surface area (Å²) in [7, 11) is 0. The number of nitrogens with one attached hydrogen (secondary N) is 1. The van der Waals surface area contributed by atoms with Gasteiger partial charge in [0.2, 0.25) is 5.91 Å². The molecule has 0 radical (unpaired) electrons. The molecule has 1 atom stereocenters. The molecule has 1 saturated heterocycles. The van der Waals surface area contributed by atoms with Crippen LogP contribution < -0.4 is 5.43 Å². The Morgan fingerprint density at radius 2 is 2.16 bits per heavy atom. The second-order valence-corrected chi connectivity index (χ2v) is 4.52. The van der Waals surface area contributed by atoms with Crippen molar-refractivity contribution in [2.45, 2.75) is 32.0 Å². The molecule has 1 aliphatic rings. The molecule has 0 spiro atoms. The highest BCUT2D eigenvalue weighted by Gasteiger charge is 2.46. The van der Waals surface area contributed by atoms with Crippen molar-refractivity contribution >= 4 is 5.91 Å². The Balaban J connectivity index is 2.34. The van der Waals surface area contributed by atoms with E-state index < -0.39 is 12.2 Å². The number of rotatable bonds is 3. The number of hydrazine groups is 1. The molecule has 0 bridgehead atoms. The van der Waals surface area contributed by atoms with Gasteiger partial charge in [0.15, 0.2) is 0 Å². The van der Waals surface area contributed by atoms with E-state index in [1.165, 1.54) is 6.07 Å². The van der Waals surface area contributed by atoms with Gasteiger partial charge in [-0.15, -0.1) is 0 Å². The molecule has 0 aliphatic carbocycles. The number of hydrogen-bond donors (Lipinski definition) is 1. The Kier molecular flexibility index (Phi) is 3.80. The first-order valence-corrected chi connectivity index (χ1v) is 6.13. The number of amides is 1. The third-order valence-corrected chi connectivity index (χ3v) is 3.14. The third kappa shape index (κ3) is 3.07. The number of carbonyl (C=O) groups is 1. The second kappa shape index (κ2) is 5.21. The molecule has 0 aromatic heterocycles. The van der Waals surface area contributed by atoms with Gasteiger partial charge >= 0.3 is 6.18 Å². The minimum absolute atomic E-state index is 0.0688. The van der Waals surface area contributed by atoms with Crippen molar-refractivity contribution in [2.75, 3.05) is 6.54 Å². The molecule has 1 aliphatic heterocycles. The minimum Gasteiger partial charge on any atom is -0.288 e. The van der Waals surface area contributed by atoms with Crippen LogP contribution in [-0.2, 0) is 11.2 Å². The summed E-state index contributed by atoms with van der Waals surface area (Å²) in [6, 6.07) is 4.61. The average molecular weight is 272 g/mol. The van der Waals surface area contributed by atoms with Crippen molar-refractivity contribution < 1.29 is 18.0 Å². The van der Waals surface area contributed by atoms with Crippen molar-refractivity contribution in [3.05, 3.63) is 35.4 Å². The van der Waals surface area contributed by atoms with Gasteiger partial charge in [-0.05, 0) is 17.5 Å². The van der Waals surface area contributed by atoms with Gasteiger partial charge in [-0.25, -0.2) is 5.01 Å². The van der Waals surface area contributed by atoms with E-state index in [9.17, 15) is 18.0 Å². The number of nitrogens with zero attached hydrogens (tertiary/aromatic N) is 1. The predicted molar refractivity (Wildman–Crippen MR) is 64.1 cm³/mol. The van der Waals surface area contributed by atoms with Gasteiger partial charge in [-0.1, -0.05) is 31.2 Å². The first-order valence-electron chi connectivity index (χ1n) is 6.13. The fraction of sp³-hybridized carbons (Fsp3) is 0.462. The Morgan fingerprint density at radius 3 is 2.68 bits per heavy atom. The zero-order valence-electron chi connectivity index (χ0n) is 10.5. The van der Waals surface area contributed by atoms with E-state index in [0.29, 0.717) is 6.42 Å². The molecule has 2 rings (SSSR count). The molecule has 1 aromatic rings. The van der Waals surface area contributed by atoms with E-state index in [1.54, 1.807) is 18.2 Å². The van der Waals surface area contributed by atoms with Crippen molar-refractivity contribution in [1.29, 1.82) is 0 Å². The minimum atomic E-state index is -4.43. The zero-order valence-corrected chi connectivity index (χ0v) is 10.5. The average Bonchev–Trinajstić information content (AvgIpc) is 2.74. The molecule has 1 aromatic carbocycles. The Hall–Kier alpha value is -1.56. The maximum Gasteiger partial charge on any atom is 0.409 e. The van der Waals surface area contributed by atoms with Crippen LogP contribution in [-0.4, -0.2) is 23.6 Å². The largest absolute Gasteiger partial charge is 0.409 e. The van der Waals surface area contributed by atoms with E-state index in [4.69, 9.17) is 0 Å². The topological polar surface area (TPSA) is 32.3 Å². The number of benzene rings is 1. The maximum atomic E-state index is 13.2. The first-order chi connectivity index (χ1) is 8.91. The number of alkyl halides is 3. The van der Waals surface area contributed by atoms with Gasteiger partial charge in [0.1, 0.15) is 6.04 Å². The van der Waals surface area contributed by atoms with Crippen LogP contribution >= 0.6 is 0 Å². The number of halogens is 3. The highest BCUT2D eigenvalue weighted by atomic mass is 19.4. The summed E-state index contributed by atoms with van der Waals surface area (Å²) < 4.78 is 39.7. The summed E-state index contributed by atoms with van der Waals surface area (Å²) >= 11 is 0. The van der Waals surface area contributed by atoms with Crippen LogP contribution in [0.2, 0.25) is 0 Å². The molecule has 1 amide bonds. The highest BCUT2D eigenvalue weighted by Crippen LogP contribution is 2.38. The van der Waals surface area contributed by atoms with Gasteiger partial charge in [-0.3, -0.25) is 10.2 Å². The summed E-state index contributed by atoms with van der Waals surface area (Å²) in [6.07, 6.45) is -3.66. The summed E-state index contributed by atoms with van der Waals surface area (Å²) in [6.45, 7) is 1.96. The molecule has 6 heteroatoms. The molecule has 3 nitrogen and oxygen atoms in total. The smallest absolute Gasteiger partial charge is 0.288 e. The van der Waals surface area contributed by atoms with Crippen LogP contribution in [0.15, 0.2) is 24.3 Å². The lowest BCUT2D eigenvalue weighted by Crippen LogP contribution is -2.43. The van der Waals surface area contributed by atoms with Crippen molar-refractivity contribution in [3.63, 3.8) is 0 Å². The lowest BCUT2D eigenvalue weighted by molar-refractivity contribution is -0.191. The fourth-order valence-corrected chi connectivity index (χ4v) is 2.22. The quantitative estimate of drug-likeness (QED) is 0.917. The van der Waals surface area contributed by atoms with Crippen LogP contribution in [0.3, 0.4) is 0 Å². The maximum absolute atomic E-state index is 13.2. The zero-order chi connectivity index (χ0) is 14.0. The van der Waals surface area contributed by atoms with E-state index in [0.717, 1.165) is 10.6 Å². The van der Waals surface area contributed by atoms with Crippen molar-refractivity contribution in [2.24, 2.45) is 0 Å². The molecule has 1 unspecified atom stereocenters. The van der Waals surface area contributed by atoms with Crippen LogP contribution in [0.1, 0.15) is 30.5 Å². The van der Waals surface area contributed by atoms with Gasteiger partial charge in [0.25, 0.3) is 0 Å². The van der Waals surface area contributed by atoms with Gasteiger partial charge in [0, 0.05) is 13.0 Å². The summed E-state index contributed by atoms with van der Waals surface area (Å²) in [5.74, 6) is -0.374. The monoisotopic (exact) mass is 272 g/mol. The summed E-state index contributed by atoms with van der Waals surface area (Å²) in [5.41, 5.74) is 3.28. The third-order valence-electron chi connectivity index (χ3n) is 3.14. The van der Waals surface area contributed by atoms with Crippen LogP contribution in [0, 0.1) is 0 Å². The summed E-state index contributed by atoms with van der Waals surface area (Å²) in [4.78, 5) is 11.1. The summed E-state index contributed by atoms with van der Waals surface area (Å²) in [5, 5.41) is 0.969.